The van der Waals surface area contributed by atoms with Crippen LogP contribution in [0, 0.1) is 17.8 Å². The van der Waals surface area contributed by atoms with Crippen LogP contribution in [0.2, 0.25) is 0 Å². The van der Waals surface area contributed by atoms with Gasteiger partial charge in [-0.05, 0) is 17.9 Å². The molecule has 0 aromatic heterocycles. The Morgan fingerprint density at radius 3 is 2.44 bits per heavy atom. The second-order valence-corrected chi connectivity index (χ2v) is 7.26. The van der Waals surface area contributed by atoms with Crippen molar-refractivity contribution < 1.29 is 19.2 Å². The molecule has 1 heterocycles. The second kappa shape index (κ2) is 9.30. The molecule has 2 N–H and O–H groups in total. The van der Waals surface area contributed by atoms with Crippen LogP contribution in [0.1, 0.15) is 19.4 Å². The van der Waals surface area contributed by atoms with E-state index in [9.17, 15) is 19.2 Å². The molecule has 0 unspecified atom stereocenters. The zero-order chi connectivity index (χ0) is 20.0. The topological polar surface area (TPSA) is 95.6 Å². The number of nitrogens with one attached hydrogen (secondary N) is 2. The van der Waals surface area contributed by atoms with Crippen LogP contribution in [0.5, 0.6) is 0 Å². The number of benzene rings is 1. The molecule has 2 rings (SSSR count). The van der Waals surface area contributed by atoms with Gasteiger partial charge in [-0.1, -0.05) is 44.2 Å². The molecular weight excluding hydrogens is 346 g/mol. The van der Waals surface area contributed by atoms with Crippen LogP contribution in [-0.4, -0.2) is 55.1 Å². The molecule has 0 spiro atoms. The Morgan fingerprint density at radius 1 is 1.19 bits per heavy atom. The summed E-state index contributed by atoms with van der Waals surface area (Å²) in [5, 5.41) is 5.11. The molecule has 1 fully saturated rings. The summed E-state index contributed by atoms with van der Waals surface area (Å²) in [6.45, 7) is 4.24. The monoisotopic (exact) mass is 373 g/mol. The van der Waals surface area contributed by atoms with Gasteiger partial charge in [0.15, 0.2) is 0 Å². The first kappa shape index (κ1) is 20.6. The van der Waals surface area contributed by atoms with E-state index < -0.39 is 23.5 Å². The standard InChI is InChI=1S/C20H27N3O4/c1-13(2)10-22-19(26)18(25)16-11-23(12-17(24)21-3)20(27)15(16)9-14-7-5-4-6-8-14/h4-8,13,15-16H,9-12H2,1-3H3,(H,21,24)(H,22,26)/t15-,16+/m1/s1. The largest absolute Gasteiger partial charge is 0.358 e. The Bertz CT molecular complexity index is 702. The van der Waals surface area contributed by atoms with Crippen molar-refractivity contribution in [2.24, 2.45) is 17.8 Å². The first-order valence-electron chi connectivity index (χ1n) is 9.18. The number of nitrogens with zero attached hydrogens (tertiary/aromatic N) is 1. The van der Waals surface area contributed by atoms with E-state index in [2.05, 4.69) is 10.6 Å². The first-order chi connectivity index (χ1) is 12.8. The van der Waals surface area contributed by atoms with Crippen molar-refractivity contribution in [2.45, 2.75) is 20.3 Å². The van der Waals surface area contributed by atoms with Gasteiger partial charge in [-0.3, -0.25) is 19.2 Å². The lowest BCUT2D eigenvalue weighted by Gasteiger charge is -2.16. The minimum absolute atomic E-state index is 0.0810. The lowest BCUT2D eigenvalue weighted by atomic mass is 9.86. The fourth-order valence-electron chi connectivity index (χ4n) is 3.17. The van der Waals surface area contributed by atoms with E-state index in [4.69, 9.17) is 0 Å². The zero-order valence-electron chi connectivity index (χ0n) is 16.0. The van der Waals surface area contributed by atoms with Gasteiger partial charge in [-0.15, -0.1) is 0 Å². The fourth-order valence-corrected chi connectivity index (χ4v) is 3.17. The zero-order valence-corrected chi connectivity index (χ0v) is 16.0. The molecule has 1 aliphatic heterocycles. The molecule has 0 aliphatic carbocycles. The van der Waals surface area contributed by atoms with Gasteiger partial charge in [0.25, 0.3) is 5.91 Å². The second-order valence-electron chi connectivity index (χ2n) is 7.26. The number of Topliss-reactive ketones (excluding diaryl/α,β-unsaturated/α-hetero) is 1. The molecule has 146 valence electrons. The van der Waals surface area contributed by atoms with Crippen LogP contribution in [0.3, 0.4) is 0 Å². The van der Waals surface area contributed by atoms with Crippen molar-refractivity contribution in [3.8, 4) is 0 Å². The lowest BCUT2D eigenvalue weighted by Crippen LogP contribution is -2.40. The number of ketones is 1. The molecule has 3 amide bonds. The Kier molecular flexibility index (Phi) is 7.10. The highest BCUT2D eigenvalue weighted by molar-refractivity contribution is 6.37. The molecular formula is C20H27N3O4. The van der Waals surface area contributed by atoms with Crippen molar-refractivity contribution >= 4 is 23.5 Å². The van der Waals surface area contributed by atoms with Crippen molar-refractivity contribution in [3.63, 3.8) is 0 Å². The maximum Gasteiger partial charge on any atom is 0.287 e. The number of amides is 3. The third kappa shape index (κ3) is 5.39. The van der Waals surface area contributed by atoms with Crippen LogP contribution in [0.25, 0.3) is 0 Å². The molecule has 1 aromatic carbocycles. The summed E-state index contributed by atoms with van der Waals surface area (Å²) in [6.07, 6.45) is 0.359. The lowest BCUT2D eigenvalue weighted by molar-refractivity contribution is -0.141. The van der Waals surface area contributed by atoms with Crippen LogP contribution in [0.15, 0.2) is 30.3 Å². The summed E-state index contributed by atoms with van der Waals surface area (Å²) >= 11 is 0. The third-order valence-corrected chi connectivity index (χ3v) is 4.67. The Morgan fingerprint density at radius 2 is 1.85 bits per heavy atom. The Balaban J connectivity index is 2.18. The van der Waals surface area contributed by atoms with Gasteiger partial charge < -0.3 is 15.5 Å². The number of likely N-dealkylation sites (tertiary alicyclic amines) is 1. The molecule has 1 aliphatic rings. The summed E-state index contributed by atoms with van der Waals surface area (Å²) in [4.78, 5) is 50.9. The number of rotatable bonds is 8. The van der Waals surface area contributed by atoms with E-state index in [1.807, 2.05) is 44.2 Å². The summed E-state index contributed by atoms with van der Waals surface area (Å²) in [5.41, 5.74) is 0.915. The molecule has 1 saturated heterocycles. The SMILES string of the molecule is CNC(=O)CN1C[C@H](C(=O)C(=O)NCC(C)C)[C@@H](Cc2ccccc2)C1=O. The van der Waals surface area contributed by atoms with E-state index in [1.54, 1.807) is 0 Å². The van der Waals surface area contributed by atoms with Gasteiger partial charge in [0.05, 0.1) is 18.4 Å². The number of carbonyl (C=O) groups excluding carboxylic acids is 4. The van der Waals surface area contributed by atoms with Crippen molar-refractivity contribution in [2.75, 3.05) is 26.7 Å². The minimum atomic E-state index is -0.755. The summed E-state index contributed by atoms with van der Waals surface area (Å²) in [6, 6.07) is 9.37. The molecule has 0 radical (unpaired) electrons. The van der Waals surface area contributed by atoms with Gasteiger partial charge in [0.1, 0.15) is 0 Å². The van der Waals surface area contributed by atoms with E-state index in [1.165, 1.54) is 11.9 Å². The molecule has 7 nitrogen and oxygen atoms in total. The Hall–Kier alpha value is -2.70. The van der Waals surface area contributed by atoms with Crippen LogP contribution < -0.4 is 10.6 Å². The van der Waals surface area contributed by atoms with E-state index in [-0.39, 0.29) is 30.8 Å². The normalized spacial score (nSPS) is 19.3. The predicted octanol–water partition coefficient (Wildman–Crippen LogP) is 0.391. The maximum atomic E-state index is 12.8. The van der Waals surface area contributed by atoms with Crippen molar-refractivity contribution in [1.82, 2.24) is 15.5 Å². The summed E-state index contributed by atoms with van der Waals surface area (Å²) < 4.78 is 0. The van der Waals surface area contributed by atoms with Crippen molar-refractivity contribution in [1.29, 1.82) is 0 Å². The van der Waals surface area contributed by atoms with Gasteiger partial charge in [0, 0.05) is 20.1 Å². The molecule has 2 atom stereocenters. The number of likely N-dealkylation sites (N-methyl/N-ethyl adjacent to an activating group) is 1. The highest BCUT2D eigenvalue weighted by atomic mass is 16.2. The molecule has 1 aromatic rings. The van der Waals surface area contributed by atoms with Gasteiger partial charge in [-0.25, -0.2) is 0 Å². The fraction of sp³-hybridized carbons (Fsp3) is 0.500. The van der Waals surface area contributed by atoms with Crippen molar-refractivity contribution in [3.05, 3.63) is 35.9 Å². The van der Waals surface area contributed by atoms with Gasteiger partial charge >= 0.3 is 0 Å². The molecule has 7 heteroatoms. The summed E-state index contributed by atoms with van der Waals surface area (Å²) in [5.74, 6) is -3.01. The average Bonchev–Trinajstić information content (AvgIpc) is 2.95. The number of hydrogen-bond acceptors (Lipinski definition) is 4. The minimum Gasteiger partial charge on any atom is -0.358 e. The quantitative estimate of drug-likeness (QED) is 0.645. The highest BCUT2D eigenvalue weighted by Crippen LogP contribution is 2.29. The molecule has 0 saturated carbocycles. The Labute approximate surface area is 159 Å². The van der Waals surface area contributed by atoms with Crippen LogP contribution >= 0.6 is 0 Å². The smallest absolute Gasteiger partial charge is 0.287 e. The first-order valence-corrected chi connectivity index (χ1v) is 9.18. The van der Waals surface area contributed by atoms with E-state index in [0.29, 0.717) is 13.0 Å². The van der Waals surface area contributed by atoms with Gasteiger partial charge in [-0.2, -0.15) is 0 Å². The van der Waals surface area contributed by atoms with Crippen LogP contribution in [-0.2, 0) is 25.6 Å². The van der Waals surface area contributed by atoms with E-state index in [0.717, 1.165) is 5.56 Å². The predicted molar refractivity (Wildman–Crippen MR) is 101 cm³/mol. The average molecular weight is 373 g/mol. The highest BCUT2D eigenvalue weighted by Gasteiger charge is 2.46. The number of carbonyl (C=O) groups is 4. The molecule has 27 heavy (non-hydrogen) atoms. The van der Waals surface area contributed by atoms with Crippen LogP contribution in [0.4, 0.5) is 0 Å². The van der Waals surface area contributed by atoms with E-state index >= 15 is 0 Å². The maximum absolute atomic E-state index is 12.8. The van der Waals surface area contributed by atoms with Gasteiger partial charge in [0.2, 0.25) is 17.6 Å². The third-order valence-electron chi connectivity index (χ3n) is 4.67. The number of hydrogen-bond donors (Lipinski definition) is 2. The summed E-state index contributed by atoms with van der Waals surface area (Å²) in [7, 11) is 1.49. The molecule has 0 bridgehead atoms.